The van der Waals surface area contributed by atoms with E-state index in [1.165, 1.54) is 11.9 Å². The molecule has 0 radical (unpaired) electrons. The highest BCUT2D eigenvalue weighted by molar-refractivity contribution is 14.0. The Balaban J connectivity index is 0. The summed E-state index contributed by atoms with van der Waals surface area (Å²) >= 11 is 0. The Morgan fingerprint density at radius 1 is 1.37 bits per heavy atom. The fourth-order valence-corrected chi connectivity index (χ4v) is 1.19. The lowest BCUT2D eigenvalue weighted by atomic mass is 10.5. The van der Waals surface area contributed by atoms with Gasteiger partial charge >= 0.3 is 6.18 Å². The summed E-state index contributed by atoms with van der Waals surface area (Å²) in [5.41, 5.74) is 0. The molecule has 0 rings (SSSR count). The van der Waals surface area contributed by atoms with Gasteiger partial charge in [-0.25, -0.2) is 0 Å². The van der Waals surface area contributed by atoms with Crippen LogP contribution in [0.15, 0.2) is 4.99 Å². The Labute approximate surface area is 129 Å². The number of hydrogen-bond donors (Lipinski definition) is 2. The first-order chi connectivity index (χ1) is 8.39. The van der Waals surface area contributed by atoms with Gasteiger partial charge in [-0.2, -0.15) is 13.2 Å². The number of alkyl halides is 3. The average Bonchev–Trinajstić information content (AvgIpc) is 2.23. The number of halogens is 4. The van der Waals surface area contributed by atoms with Crippen LogP contribution in [0.1, 0.15) is 6.92 Å². The minimum Gasteiger partial charge on any atom is -0.357 e. The third-order valence-corrected chi connectivity index (χ3v) is 1.90. The molecule has 19 heavy (non-hydrogen) atoms. The Kier molecular flexibility index (Phi) is 12.1. The highest BCUT2D eigenvalue weighted by atomic mass is 127. The van der Waals surface area contributed by atoms with Gasteiger partial charge < -0.3 is 10.6 Å². The number of hydrogen-bond acceptors (Lipinski definition) is 2. The first kappa shape index (κ1) is 20.6. The van der Waals surface area contributed by atoms with E-state index in [1.807, 2.05) is 6.92 Å². The van der Waals surface area contributed by atoms with E-state index in [-0.39, 0.29) is 37.1 Å². The summed E-state index contributed by atoms with van der Waals surface area (Å²) in [4.78, 5) is 5.29. The van der Waals surface area contributed by atoms with Gasteiger partial charge in [0, 0.05) is 13.1 Å². The third kappa shape index (κ3) is 13.5. The van der Waals surface area contributed by atoms with Gasteiger partial charge in [-0.1, -0.05) is 5.92 Å². The molecule has 0 atom stereocenters. The number of nitrogens with zero attached hydrogens (tertiary/aromatic N) is 2. The Morgan fingerprint density at radius 2 is 2.00 bits per heavy atom. The molecule has 0 amide bonds. The minimum atomic E-state index is -4.18. The fourth-order valence-electron chi connectivity index (χ4n) is 1.19. The molecule has 0 aliphatic carbocycles. The van der Waals surface area contributed by atoms with E-state index in [2.05, 4.69) is 21.5 Å². The predicted molar refractivity (Wildman–Crippen MR) is 81.8 cm³/mol. The molecule has 0 bridgehead atoms. The first-order valence-corrected chi connectivity index (χ1v) is 5.60. The molecular formula is C11H20F3IN4. The lowest BCUT2D eigenvalue weighted by Gasteiger charge is -2.17. The monoisotopic (exact) mass is 392 g/mol. The normalized spacial score (nSPS) is 11.7. The second-order valence-electron chi connectivity index (χ2n) is 3.67. The summed E-state index contributed by atoms with van der Waals surface area (Å²) in [6.07, 6.45) is 0.915. The van der Waals surface area contributed by atoms with E-state index in [9.17, 15) is 13.2 Å². The van der Waals surface area contributed by atoms with Gasteiger partial charge in [0.2, 0.25) is 0 Å². The zero-order valence-corrected chi connectivity index (χ0v) is 13.4. The molecule has 0 saturated carbocycles. The second-order valence-corrected chi connectivity index (χ2v) is 3.67. The molecule has 4 nitrogen and oxygen atoms in total. The van der Waals surface area contributed by atoms with Crippen molar-refractivity contribution in [2.75, 3.05) is 39.8 Å². The van der Waals surface area contributed by atoms with Gasteiger partial charge in [0.05, 0.1) is 19.6 Å². The smallest absolute Gasteiger partial charge is 0.357 e. The van der Waals surface area contributed by atoms with E-state index >= 15 is 0 Å². The summed E-state index contributed by atoms with van der Waals surface area (Å²) in [5, 5.41) is 5.80. The number of aliphatic imine (C=N–C) groups is 1. The molecule has 0 aliphatic heterocycles. The van der Waals surface area contributed by atoms with E-state index < -0.39 is 12.7 Å². The predicted octanol–water partition coefficient (Wildman–Crippen LogP) is 1.29. The van der Waals surface area contributed by atoms with Crippen molar-refractivity contribution < 1.29 is 13.2 Å². The van der Waals surface area contributed by atoms with Crippen LogP contribution in [0.3, 0.4) is 0 Å². The quantitative estimate of drug-likeness (QED) is 0.310. The van der Waals surface area contributed by atoms with E-state index in [0.717, 1.165) is 0 Å². The molecule has 0 aromatic heterocycles. The van der Waals surface area contributed by atoms with Gasteiger partial charge in [0.15, 0.2) is 5.96 Å². The molecule has 0 saturated heterocycles. The van der Waals surface area contributed by atoms with Gasteiger partial charge in [0.25, 0.3) is 0 Å². The maximum atomic E-state index is 12.1. The van der Waals surface area contributed by atoms with Crippen molar-refractivity contribution in [3.63, 3.8) is 0 Å². The lowest BCUT2D eigenvalue weighted by molar-refractivity contribution is -0.142. The van der Waals surface area contributed by atoms with E-state index in [0.29, 0.717) is 19.0 Å². The molecule has 0 unspecified atom stereocenters. The number of nitrogens with one attached hydrogen (secondary N) is 2. The molecule has 0 heterocycles. The molecular weight excluding hydrogens is 372 g/mol. The van der Waals surface area contributed by atoms with Gasteiger partial charge in [-0.05, 0) is 14.0 Å². The molecule has 2 N–H and O–H groups in total. The molecule has 0 spiro atoms. The zero-order valence-electron chi connectivity index (χ0n) is 11.0. The van der Waals surface area contributed by atoms with Gasteiger partial charge in [-0.15, -0.1) is 30.4 Å². The van der Waals surface area contributed by atoms with Crippen LogP contribution in [-0.2, 0) is 0 Å². The third-order valence-electron chi connectivity index (χ3n) is 1.90. The topological polar surface area (TPSA) is 39.7 Å². The van der Waals surface area contributed by atoms with Gasteiger partial charge in [0.1, 0.15) is 0 Å². The highest BCUT2D eigenvalue weighted by Crippen LogP contribution is 2.15. The number of likely N-dealkylation sites (N-methyl/N-ethyl adjacent to an activating group) is 1. The fraction of sp³-hybridized carbons (Fsp3) is 0.727. The van der Waals surface area contributed by atoms with Crippen molar-refractivity contribution in [1.29, 1.82) is 0 Å². The second kappa shape index (κ2) is 11.2. The summed E-state index contributed by atoms with van der Waals surface area (Å²) in [7, 11) is 1.41. The molecule has 0 aromatic carbocycles. The van der Waals surface area contributed by atoms with Crippen molar-refractivity contribution in [3.05, 3.63) is 0 Å². The van der Waals surface area contributed by atoms with Crippen molar-refractivity contribution in [1.82, 2.24) is 15.5 Å². The van der Waals surface area contributed by atoms with E-state index in [1.54, 1.807) is 0 Å². The zero-order chi connectivity index (χ0) is 14.0. The van der Waals surface area contributed by atoms with Gasteiger partial charge in [-0.3, -0.25) is 9.89 Å². The van der Waals surface area contributed by atoms with Crippen LogP contribution < -0.4 is 10.6 Å². The van der Waals surface area contributed by atoms with Crippen LogP contribution in [-0.4, -0.2) is 56.8 Å². The molecule has 0 aliphatic rings. The van der Waals surface area contributed by atoms with Crippen LogP contribution in [0.2, 0.25) is 0 Å². The standard InChI is InChI=1S/C11H19F3N4.HI/c1-4-6-16-10(15-5-2)17-7-8-18(3)9-11(12,13)14;/h1H,5-9H2,2-3H3,(H2,15,16,17);1H. The Hall–Kier alpha value is -0.690. The number of guanidine groups is 1. The molecule has 0 aromatic rings. The van der Waals surface area contributed by atoms with Crippen LogP contribution in [0.25, 0.3) is 0 Å². The van der Waals surface area contributed by atoms with Crippen molar-refractivity contribution >= 4 is 29.9 Å². The summed E-state index contributed by atoms with van der Waals surface area (Å²) in [5.74, 6) is 2.91. The molecule has 112 valence electrons. The van der Waals surface area contributed by atoms with Crippen molar-refractivity contribution in [2.24, 2.45) is 4.99 Å². The summed E-state index contributed by atoms with van der Waals surface area (Å²) in [6, 6.07) is 0. The summed E-state index contributed by atoms with van der Waals surface area (Å²) < 4.78 is 36.2. The first-order valence-electron chi connectivity index (χ1n) is 5.60. The molecule has 8 heteroatoms. The SMILES string of the molecule is C#CCNC(=NCCN(C)CC(F)(F)F)NCC.I. The minimum absolute atomic E-state index is 0. The van der Waals surface area contributed by atoms with Crippen LogP contribution in [0.5, 0.6) is 0 Å². The Morgan fingerprint density at radius 3 is 2.47 bits per heavy atom. The maximum Gasteiger partial charge on any atom is 0.401 e. The molecule has 0 fully saturated rings. The van der Waals surface area contributed by atoms with Crippen LogP contribution in [0.4, 0.5) is 13.2 Å². The van der Waals surface area contributed by atoms with Crippen molar-refractivity contribution in [3.8, 4) is 12.3 Å². The Bertz CT molecular complexity index is 299. The number of terminal acetylenes is 1. The van der Waals surface area contributed by atoms with Crippen LogP contribution >= 0.6 is 24.0 Å². The maximum absolute atomic E-state index is 12.1. The average molecular weight is 392 g/mol. The van der Waals surface area contributed by atoms with Crippen LogP contribution in [0, 0.1) is 12.3 Å². The summed E-state index contributed by atoms with van der Waals surface area (Å²) in [6.45, 7) is 2.44. The van der Waals surface area contributed by atoms with Crippen molar-refractivity contribution in [2.45, 2.75) is 13.1 Å². The number of rotatable bonds is 6. The lowest BCUT2D eigenvalue weighted by Crippen LogP contribution is -2.38. The van der Waals surface area contributed by atoms with E-state index in [4.69, 9.17) is 6.42 Å². The highest BCUT2D eigenvalue weighted by Gasteiger charge is 2.28. The largest absolute Gasteiger partial charge is 0.401 e.